The molecule has 0 saturated carbocycles. The van der Waals surface area contributed by atoms with Gasteiger partial charge in [-0.15, -0.1) is 0 Å². The van der Waals surface area contributed by atoms with Gasteiger partial charge < -0.3 is 16.8 Å². The van der Waals surface area contributed by atoms with Gasteiger partial charge in [-0.3, -0.25) is 10.2 Å². The van der Waals surface area contributed by atoms with Crippen LogP contribution in [-0.2, 0) is 11.0 Å². The highest BCUT2D eigenvalue weighted by Gasteiger charge is 2.30. The first-order valence-electron chi connectivity index (χ1n) is 10.0. The first kappa shape index (κ1) is 25.9. The number of carbonyl (C=O) groups excluding carboxylic acids is 1. The molecule has 0 fully saturated rings. The second-order valence-corrected chi connectivity index (χ2v) is 6.88. The van der Waals surface area contributed by atoms with E-state index in [9.17, 15) is 13.2 Å². The topological polar surface area (TPSA) is 131 Å². The molecule has 0 spiro atoms. The summed E-state index contributed by atoms with van der Waals surface area (Å²) in [4.78, 5) is 16.6. The number of amides is 1. The molecule has 0 atom stereocenters. The fourth-order valence-electron chi connectivity index (χ4n) is 2.95. The fourth-order valence-corrected chi connectivity index (χ4v) is 2.95. The van der Waals surface area contributed by atoms with E-state index in [-0.39, 0.29) is 17.9 Å². The van der Waals surface area contributed by atoms with Crippen LogP contribution in [-0.4, -0.2) is 28.6 Å². The quantitative estimate of drug-likeness (QED) is 0.261. The predicted octanol–water partition coefficient (Wildman–Crippen LogP) is 4.01. The number of primary amides is 1. The summed E-state index contributed by atoms with van der Waals surface area (Å²) in [6, 6.07) is 10.4. The number of hydrogen-bond acceptors (Lipinski definition) is 6. The van der Waals surface area contributed by atoms with E-state index < -0.39 is 11.7 Å². The van der Waals surface area contributed by atoms with Gasteiger partial charge in [0.1, 0.15) is 23.7 Å². The first-order valence-corrected chi connectivity index (χ1v) is 10.0. The number of anilines is 2. The van der Waals surface area contributed by atoms with E-state index in [1.165, 1.54) is 12.4 Å². The van der Waals surface area contributed by atoms with Crippen molar-refractivity contribution in [1.29, 1.82) is 5.41 Å². The van der Waals surface area contributed by atoms with Gasteiger partial charge in [-0.25, -0.2) is 9.97 Å². The molecule has 7 nitrogen and oxygen atoms in total. The van der Waals surface area contributed by atoms with Gasteiger partial charge in [0.2, 0.25) is 6.41 Å². The van der Waals surface area contributed by atoms with Crippen molar-refractivity contribution in [3.63, 3.8) is 0 Å². The Morgan fingerprint density at radius 1 is 1.18 bits per heavy atom. The normalized spacial score (nSPS) is 10.3. The molecule has 0 radical (unpaired) electrons. The lowest BCUT2D eigenvalue weighted by Crippen LogP contribution is -2.11. The number of nitrogens with two attached hydrogens (primary N) is 2. The van der Waals surface area contributed by atoms with Gasteiger partial charge in [-0.1, -0.05) is 30.2 Å². The third kappa shape index (κ3) is 6.56. The van der Waals surface area contributed by atoms with E-state index in [4.69, 9.17) is 15.9 Å². The summed E-state index contributed by atoms with van der Waals surface area (Å²) in [5, 5.41) is 11.3. The van der Waals surface area contributed by atoms with Crippen molar-refractivity contribution >= 4 is 23.8 Å². The zero-order chi connectivity index (χ0) is 25.3. The summed E-state index contributed by atoms with van der Waals surface area (Å²) < 4.78 is 39.1. The summed E-state index contributed by atoms with van der Waals surface area (Å²) in [6.45, 7) is 4.32. The van der Waals surface area contributed by atoms with Crippen LogP contribution in [0.2, 0.25) is 0 Å². The van der Waals surface area contributed by atoms with Gasteiger partial charge in [0.25, 0.3) is 0 Å². The third-order valence-electron chi connectivity index (χ3n) is 4.55. The molecule has 2 aromatic carbocycles. The molecular formula is C24H23F3N6O. The minimum atomic E-state index is -4.42. The summed E-state index contributed by atoms with van der Waals surface area (Å²) in [7, 11) is 0. The molecule has 0 unspecified atom stereocenters. The van der Waals surface area contributed by atoms with E-state index in [2.05, 4.69) is 32.9 Å². The number of nitrogen functional groups attached to an aromatic ring is 1. The average molecular weight is 468 g/mol. The molecule has 0 bridgehead atoms. The Hall–Kier alpha value is -4.39. The zero-order valence-electron chi connectivity index (χ0n) is 18.5. The van der Waals surface area contributed by atoms with E-state index in [1.807, 2.05) is 13.8 Å². The Kier molecular flexibility index (Phi) is 8.72. The Balaban J connectivity index is 0.00000129. The van der Waals surface area contributed by atoms with E-state index in [1.54, 1.807) is 24.3 Å². The summed E-state index contributed by atoms with van der Waals surface area (Å²) in [6.07, 6.45) is -2.86. The van der Waals surface area contributed by atoms with E-state index in [0.29, 0.717) is 34.6 Å². The molecule has 34 heavy (non-hydrogen) atoms. The number of alkyl halides is 3. The monoisotopic (exact) mass is 468 g/mol. The molecule has 0 aliphatic rings. The molecule has 0 aliphatic carbocycles. The number of rotatable bonds is 4. The van der Waals surface area contributed by atoms with Gasteiger partial charge in [-0.2, -0.15) is 13.2 Å². The molecule has 3 aromatic rings. The van der Waals surface area contributed by atoms with Gasteiger partial charge >= 0.3 is 6.18 Å². The molecule has 1 heterocycles. The van der Waals surface area contributed by atoms with Crippen LogP contribution in [0.15, 0.2) is 48.8 Å². The zero-order valence-corrected chi connectivity index (χ0v) is 18.5. The average Bonchev–Trinajstić information content (AvgIpc) is 2.79. The van der Waals surface area contributed by atoms with Crippen LogP contribution in [0.3, 0.4) is 0 Å². The number of nitrogens with zero attached hydrogens (tertiary/aromatic N) is 2. The lowest BCUT2D eigenvalue weighted by Gasteiger charge is -2.10. The third-order valence-corrected chi connectivity index (χ3v) is 4.55. The highest BCUT2D eigenvalue weighted by atomic mass is 19.4. The minimum absolute atomic E-state index is 0.0575. The molecule has 3 rings (SSSR count). The Morgan fingerprint density at radius 3 is 2.50 bits per heavy atom. The lowest BCUT2D eigenvalue weighted by molar-refractivity contribution is -0.137. The molecule has 1 amide bonds. The maximum Gasteiger partial charge on any atom is 0.416 e. The van der Waals surface area contributed by atoms with Crippen molar-refractivity contribution < 1.29 is 18.0 Å². The van der Waals surface area contributed by atoms with Crippen molar-refractivity contribution in [2.24, 2.45) is 5.73 Å². The smallest absolute Gasteiger partial charge is 0.383 e. The number of hydrogen-bond donors (Lipinski definition) is 4. The standard InChI is InChI=1S/C23H20F3N5.CH3NO/c1-3-29-22-20(21(28)30-13-31-22)19(27)10-9-15-11-17(8-7-14(15)2)16-5-4-6-18(12-16)23(24,25)26;2-1-3/h4-8,11-13,27H,3H2,1-2H3,(H3,28,29,30,31);1H,(H2,2,3). The van der Waals surface area contributed by atoms with Crippen molar-refractivity contribution in [3.05, 3.63) is 71.0 Å². The van der Waals surface area contributed by atoms with Gasteiger partial charge in [0.15, 0.2) is 0 Å². The second kappa shape index (κ2) is 11.5. The maximum absolute atomic E-state index is 13.0. The van der Waals surface area contributed by atoms with Crippen LogP contribution >= 0.6 is 0 Å². The first-order chi connectivity index (χ1) is 16.1. The van der Waals surface area contributed by atoms with Crippen molar-refractivity contribution in [2.45, 2.75) is 20.0 Å². The maximum atomic E-state index is 13.0. The molecule has 1 aromatic heterocycles. The van der Waals surface area contributed by atoms with E-state index >= 15 is 0 Å². The number of nitrogens with one attached hydrogen (secondary N) is 2. The molecule has 176 valence electrons. The molecule has 0 aliphatic heterocycles. The van der Waals surface area contributed by atoms with E-state index in [0.717, 1.165) is 17.7 Å². The number of halogens is 3. The summed E-state index contributed by atoms with van der Waals surface area (Å²) in [5.74, 6) is 6.25. The SMILES string of the molecule is CCNc1ncnc(N)c1C(=N)C#Cc1cc(-c2cccc(C(F)(F)F)c2)ccc1C.NC=O. The van der Waals surface area contributed by atoms with Gasteiger partial charge in [-0.05, 0) is 54.7 Å². The number of benzene rings is 2. The Bertz CT molecular complexity index is 1250. The summed E-state index contributed by atoms with van der Waals surface area (Å²) in [5.41, 5.74) is 12.1. The van der Waals surface area contributed by atoms with Crippen LogP contribution in [0.25, 0.3) is 11.1 Å². The van der Waals surface area contributed by atoms with Crippen LogP contribution in [0, 0.1) is 24.2 Å². The van der Waals surface area contributed by atoms with Gasteiger partial charge in [0, 0.05) is 12.1 Å². The fraction of sp³-hybridized carbons (Fsp3) is 0.167. The van der Waals surface area contributed by atoms with Crippen molar-refractivity contribution in [3.8, 4) is 23.0 Å². The van der Waals surface area contributed by atoms with Crippen LogP contribution in [0.4, 0.5) is 24.8 Å². The van der Waals surface area contributed by atoms with Crippen molar-refractivity contribution in [2.75, 3.05) is 17.6 Å². The Morgan fingerprint density at radius 2 is 1.85 bits per heavy atom. The largest absolute Gasteiger partial charge is 0.416 e. The predicted molar refractivity (Wildman–Crippen MR) is 126 cm³/mol. The van der Waals surface area contributed by atoms with Gasteiger partial charge in [0.05, 0.1) is 11.1 Å². The molecular weight excluding hydrogens is 445 g/mol. The molecule has 10 heteroatoms. The second-order valence-electron chi connectivity index (χ2n) is 6.88. The number of aromatic nitrogens is 2. The highest BCUT2D eigenvalue weighted by molar-refractivity contribution is 6.16. The number of carbonyl (C=O) groups is 1. The number of aryl methyl sites for hydroxylation is 1. The van der Waals surface area contributed by atoms with Crippen LogP contribution in [0.1, 0.15) is 29.2 Å². The highest BCUT2D eigenvalue weighted by Crippen LogP contribution is 2.32. The molecule has 0 saturated heterocycles. The van der Waals surface area contributed by atoms with Crippen LogP contribution in [0.5, 0.6) is 0 Å². The minimum Gasteiger partial charge on any atom is -0.383 e. The Labute approximate surface area is 194 Å². The molecule has 6 N–H and O–H groups in total. The lowest BCUT2D eigenvalue weighted by atomic mass is 9.98. The van der Waals surface area contributed by atoms with Crippen molar-refractivity contribution in [1.82, 2.24) is 9.97 Å². The summed E-state index contributed by atoms with van der Waals surface area (Å²) >= 11 is 0. The van der Waals surface area contributed by atoms with Crippen LogP contribution < -0.4 is 16.8 Å².